The predicted octanol–water partition coefficient (Wildman–Crippen LogP) is 2.25. The summed E-state index contributed by atoms with van der Waals surface area (Å²) in [5, 5.41) is 0.583. The third-order valence-corrected chi connectivity index (χ3v) is 3.36. The first-order valence-corrected chi connectivity index (χ1v) is 7.99. The molecule has 26 heavy (non-hydrogen) atoms. The number of carbonyl (C=O) groups is 2. The van der Waals surface area contributed by atoms with E-state index < -0.39 is 23.5 Å². The van der Waals surface area contributed by atoms with Crippen molar-refractivity contribution in [2.75, 3.05) is 20.3 Å². The topological polar surface area (TPSA) is 104 Å². The molecule has 0 bridgehead atoms. The van der Waals surface area contributed by atoms with Crippen LogP contribution in [0.15, 0.2) is 38.5 Å². The fraction of sp³-hybridized carbons (Fsp3) is 0.333. The molecule has 0 radical (unpaired) electrons. The van der Waals surface area contributed by atoms with Gasteiger partial charge in [0.15, 0.2) is 5.92 Å². The molecule has 0 N–H and O–H groups in total. The van der Waals surface area contributed by atoms with Gasteiger partial charge in [-0.3, -0.25) is 14.6 Å². The van der Waals surface area contributed by atoms with Gasteiger partial charge in [-0.2, -0.15) is 0 Å². The van der Waals surface area contributed by atoms with Crippen LogP contribution in [0.5, 0.6) is 5.75 Å². The van der Waals surface area contributed by atoms with Crippen LogP contribution in [0.2, 0.25) is 0 Å². The number of ether oxygens (including phenoxy) is 3. The summed E-state index contributed by atoms with van der Waals surface area (Å²) in [6.45, 7) is 3.42. The second-order valence-electron chi connectivity index (χ2n) is 5.08. The lowest BCUT2D eigenvalue weighted by Gasteiger charge is -2.09. The number of aliphatic imine (C=N–C) groups is 1. The average Bonchev–Trinajstić information content (AvgIpc) is 2.62. The molecule has 1 aromatic heterocycles. The summed E-state index contributed by atoms with van der Waals surface area (Å²) in [6, 6.07) is 6.41. The molecule has 2 rings (SSSR count). The Morgan fingerprint density at radius 2 is 1.81 bits per heavy atom. The molecule has 0 fully saturated rings. The van der Waals surface area contributed by atoms with E-state index in [4.69, 9.17) is 18.6 Å². The van der Waals surface area contributed by atoms with Crippen molar-refractivity contribution in [3.63, 3.8) is 0 Å². The maximum atomic E-state index is 12.0. The van der Waals surface area contributed by atoms with Crippen LogP contribution in [0.4, 0.5) is 5.69 Å². The van der Waals surface area contributed by atoms with E-state index in [0.717, 1.165) is 6.21 Å². The van der Waals surface area contributed by atoms with Crippen LogP contribution in [0, 0.1) is 5.92 Å². The third kappa shape index (κ3) is 4.47. The van der Waals surface area contributed by atoms with Gasteiger partial charge in [-0.1, -0.05) is 0 Å². The summed E-state index contributed by atoms with van der Waals surface area (Å²) in [4.78, 5) is 39.9. The van der Waals surface area contributed by atoms with Gasteiger partial charge in [0.2, 0.25) is 0 Å². The zero-order valence-corrected chi connectivity index (χ0v) is 14.7. The number of rotatable bonds is 7. The van der Waals surface area contributed by atoms with Crippen LogP contribution in [0.1, 0.15) is 13.8 Å². The summed E-state index contributed by atoms with van der Waals surface area (Å²) < 4.78 is 20.0. The molecule has 8 nitrogen and oxygen atoms in total. The van der Waals surface area contributed by atoms with E-state index in [1.54, 1.807) is 32.0 Å². The van der Waals surface area contributed by atoms with Crippen molar-refractivity contribution in [3.05, 3.63) is 34.7 Å². The Kier molecular flexibility index (Phi) is 6.48. The molecule has 0 saturated carbocycles. The molecule has 0 spiro atoms. The van der Waals surface area contributed by atoms with Gasteiger partial charge in [0.05, 0.1) is 20.3 Å². The Bertz CT molecular complexity index is 867. The standard InChI is InChI=1S/C18H19NO7/c1-4-24-16(20)13(17(21)25-5-2)10-19-14-9-11-8-12(23-3)6-7-15(11)26-18(14)22/h6-10,13H,4-5H2,1-3H3. The average molecular weight is 361 g/mol. The Hall–Kier alpha value is -3.16. The first-order valence-electron chi connectivity index (χ1n) is 7.99. The summed E-state index contributed by atoms with van der Waals surface area (Å²) in [7, 11) is 1.52. The van der Waals surface area contributed by atoms with E-state index in [1.807, 2.05) is 0 Å². The van der Waals surface area contributed by atoms with Gasteiger partial charge in [-0.05, 0) is 38.1 Å². The van der Waals surface area contributed by atoms with Gasteiger partial charge >= 0.3 is 17.6 Å². The lowest BCUT2D eigenvalue weighted by molar-refractivity contribution is -0.157. The highest BCUT2D eigenvalue weighted by Gasteiger charge is 2.27. The number of hydrogen-bond donors (Lipinski definition) is 0. The minimum absolute atomic E-state index is 0.0654. The molecule has 0 aliphatic rings. The molecule has 138 valence electrons. The SMILES string of the molecule is CCOC(=O)C(C=Nc1cc2cc(OC)ccc2oc1=O)C(=O)OCC. The van der Waals surface area contributed by atoms with Gasteiger partial charge in [0.1, 0.15) is 17.0 Å². The Balaban J connectivity index is 2.38. The highest BCUT2D eigenvalue weighted by atomic mass is 16.6. The van der Waals surface area contributed by atoms with E-state index in [-0.39, 0.29) is 18.9 Å². The van der Waals surface area contributed by atoms with Crippen molar-refractivity contribution in [2.45, 2.75) is 13.8 Å². The smallest absolute Gasteiger partial charge is 0.362 e. The van der Waals surface area contributed by atoms with Crippen LogP contribution in [-0.2, 0) is 19.1 Å². The van der Waals surface area contributed by atoms with Crippen molar-refractivity contribution < 1.29 is 28.2 Å². The fourth-order valence-corrected chi connectivity index (χ4v) is 2.14. The molecular formula is C18H19NO7. The predicted molar refractivity (Wildman–Crippen MR) is 93.9 cm³/mol. The summed E-state index contributed by atoms with van der Waals surface area (Å²) in [5.74, 6) is -2.39. The minimum atomic E-state index is -1.37. The van der Waals surface area contributed by atoms with Crippen molar-refractivity contribution in [1.29, 1.82) is 0 Å². The number of hydrogen-bond acceptors (Lipinski definition) is 8. The molecule has 1 heterocycles. The van der Waals surface area contributed by atoms with E-state index in [1.165, 1.54) is 13.2 Å². The van der Waals surface area contributed by atoms with Crippen molar-refractivity contribution in [3.8, 4) is 5.75 Å². The van der Waals surface area contributed by atoms with Gasteiger partial charge in [-0.25, -0.2) is 4.79 Å². The first kappa shape index (κ1) is 19.2. The molecule has 0 saturated heterocycles. The molecule has 0 atom stereocenters. The highest BCUT2D eigenvalue weighted by Crippen LogP contribution is 2.22. The van der Waals surface area contributed by atoms with E-state index in [0.29, 0.717) is 16.7 Å². The molecule has 0 aliphatic heterocycles. The second-order valence-corrected chi connectivity index (χ2v) is 5.08. The third-order valence-electron chi connectivity index (χ3n) is 3.36. The minimum Gasteiger partial charge on any atom is -0.497 e. The Labute approximate surface area is 149 Å². The van der Waals surface area contributed by atoms with Crippen molar-refractivity contribution in [2.24, 2.45) is 10.9 Å². The molecule has 1 aromatic carbocycles. The summed E-state index contributed by atoms with van der Waals surface area (Å²) in [5.41, 5.74) is -0.406. The molecule has 0 unspecified atom stereocenters. The van der Waals surface area contributed by atoms with Crippen molar-refractivity contribution >= 4 is 34.8 Å². The van der Waals surface area contributed by atoms with Crippen LogP contribution in [0.3, 0.4) is 0 Å². The van der Waals surface area contributed by atoms with Gasteiger partial charge in [0, 0.05) is 11.6 Å². The number of nitrogens with zero attached hydrogens (tertiary/aromatic N) is 1. The maximum absolute atomic E-state index is 12.0. The number of benzene rings is 1. The van der Waals surface area contributed by atoms with Crippen LogP contribution in [-0.4, -0.2) is 38.5 Å². The number of methoxy groups -OCH3 is 1. The van der Waals surface area contributed by atoms with Crippen molar-refractivity contribution in [1.82, 2.24) is 0 Å². The molecule has 2 aromatic rings. The number of fused-ring (bicyclic) bond motifs is 1. The van der Waals surface area contributed by atoms with E-state index in [9.17, 15) is 14.4 Å². The molecule has 0 aliphatic carbocycles. The zero-order chi connectivity index (χ0) is 19.1. The molecular weight excluding hydrogens is 342 g/mol. The second kappa shape index (κ2) is 8.80. The van der Waals surface area contributed by atoms with Crippen LogP contribution in [0.25, 0.3) is 11.0 Å². The summed E-state index contributed by atoms with van der Waals surface area (Å²) >= 11 is 0. The van der Waals surface area contributed by atoms with Gasteiger partial charge < -0.3 is 18.6 Å². The number of carbonyl (C=O) groups excluding carboxylic acids is 2. The van der Waals surface area contributed by atoms with Crippen LogP contribution >= 0.6 is 0 Å². The Morgan fingerprint density at radius 3 is 2.38 bits per heavy atom. The van der Waals surface area contributed by atoms with Gasteiger partial charge in [0.25, 0.3) is 0 Å². The van der Waals surface area contributed by atoms with Gasteiger partial charge in [-0.15, -0.1) is 0 Å². The molecule has 0 amide bonds. The largest absolute Gasteiger partial charge is 0.497 e. The fourth-order valence-electron chi connectivity index (χ4n) is 2.14. The first-order chi connectivity index (χ1) is 12.5. The van der Waals surface area contributed by atoms with E-state index in [2.05, 4.69) is 4.99 Å². The quantitative estimate of drug-likeness (QED) is 0.322. The molecule has 8 heteroatoms. The zero-order valence-electron chi connectivity index (χ0n) is 14.7. The highest BCUT2D eigenvalue weighted by molar-refractivity contribution is 6.09. The lowest BCUT2D eigenvalue weighted by atomic mass is 10.1. The monoisotopic (exact) mass is 361 g/mol. The van der Waals surface area contributed by atoms with E-state index >= 15 is 0 Å². The lowest BCUT2D eigenvalue weighted by Crippen LogP contribution is -2.29. The van der Waals surface area contributed by atoms with Crippen LogP contribution < -0.4 is 10.4 Å². The maximum Gasteiger partial charge on any atom is 0.362 e. The Morgan fingerprint density at radius 1 is 1.15 bits per heavy atom. The number of esters is 2. The summed E-state index contributed by atoms with van der Waals surface area (Å²) in [6.07, 6.45) is 1.02. The normalized spacial score (nSPS) is 11.1.